The Morgan fingerprint density at radius 3 is 2.00 bits per heavy atom. The van der Waals surface area contributed by atoms with E-state index in [2.05, 4.69) is 34.1 Å². The van der Waals surface area contributed by atoms with Gasteiger partial charge in [0.1, 0.15) is 6.54 Å². The van der Waals surface area contributed by atoms with E-state index in [9.17, 15) is 52.8 Å². The number of nitrogens with zero attached hydrogens (tertiary/aromatic N) is 3. The highest BCUT2D eigenvalue weighted by molar-refractivity contribution is 8.13. The lowest BCUT2D eigenvalue weighted by Gasteiger charge is -2.22. The highest BCUT2D eigenvalue weighted by atomic mass is 32.3. The maximum absolute atomic E-state index is 11.7. The second-order valence-corrected chi connectivity index (χ2v) is 11.3. The van der Waals surface area contributed by atoms with E-state index in [0.717, 1.165) is 36.4 Å². The van der Waals surface area contributed by atoms with E-state index in [1.807, 2.05) is 12.1 Å². The number of rotatable bonds is 11. The van der Waals surface area contributed by atoms with Crippen molar-refractivity contribution in [1.82, 2.24) is 0 Å². The van der Waals surface area contributed by atoms with Gasteiger partial charge in [0.15, 0.2) is 31.9 Å². The summed E-state index contributed by atoms with van der Waals surface area (Å²) in [5.41, 5.74) is -10.1. The molecule has 1 aromatic heterocycles. The van der Waals surface area contributed by atoms with Gasteiger partial charge in [0.25, 0.3) is 0 Å². The Morgan fingerprint density at radius 1 is 0.927 bits per heavy atom. The van der Waals surface area contributed by atoms with Crippen molar-refractivity contribution in [2.24, 2.45) is 4.99 Å². The van der Waals surface area contributed by atoms with Gasteiger partial charge in [0.2, 0.25) is 6.08 Å². The zero-order valence-electron chi connectivity index (χ0n) is 21.1. The van der Waals surface area contributed by atoms with Gasteiger partial charge in [-0.2, -0.15) is 31.3 Å². The van der Waals surface area contributed by atoms with Crippen LogP contribution in [0.2, 0.25) is 0 Å². The number of pyridine rings is 1. The molecule has 1 heterocycles. The third-order valence-corrected chi connectivity index (χ3v) is 7.50. The van der Waals surface area contributed by atoms with Crippen LogP contribution in [0, 0.1) is 6.92 Å². The van der Waals surface area contributed by atoms with Crippen molar-refractivity contribution in [2.45, 2.75) is 50.2 Å². The van der Waals surface area contributed by atoms with Crippen LogP contribution in [0.15, 0.2) is 53.7 Å². The van der Waals surface area contributed by atoms with Crippen LogP contribution in [0.25, 0.3) is 4.13 Å². The number of anilines is 1. The number of aliphatic imine (C=N–C) groups is 1. The summed E-state index contributed by atoms with van der Waals surface area (Å²) >= 11 is 0. The summed E-state index contributed by atoms with van der Waals surface area (Å²) in [6, 6.07) is 12.7. The van der Waals surface area contributed by atoms with Gasteiger partial charge in [-0.05, 0) is 43.5 Å². The number of nitrogens with one attached hydrogen (secondary N) is 1. The molecule has 0 aliphatic carbocycles. The van der Waals surface area contributed by atoms with Crippen molar-refractivity contribution in [1.29, 1.82) is 0 Å². The number of isocyanates is 1. The normalized spacial score (nSPS) is 12.0. The summed E-state index contributed by atoms with van der Waals surface area (Å²) in [4.78, 5) is 25.4. The van der Waals surface area contributed by atoms with Crippen LogP contribution in [0.1, 0.15) is 31.4 Å². The Labute approximate surface area is 231 Å². The Kier molecular flexibility index (Phi) is 13.4. The standard InChI is InChI=1S/C20H23N3O3.C2F6NO4S2/c1-17-8-4-6-14-23(17)13-5-2-3-7-15-26-20(25)22-19-11-9-18(10-12-19)21-16-24;3-1(4,5)14(10,11)9-15(12,13)2(6,7)8/h4,6,8-12,14H,2-3,5,7,13,15H2,1H3;/q;-1/p+1. The first kappa shape index (κ1) is 35.5. The number of ether oxygens (including phenoxy) is 1. The maximum Gasteiger partial charge on any atom is 0.480 e. The number of benzene rings is 1. The van der Waals surface area contributed by atoms with Crippen LogP contribution in [-0.2, 0) is 36.1 Å². The summed E-state index contributed by atoms with van der Waals surface area (Å²) in [5, 5.41) is 2.64. The minimum Gasteiger partial charge on any atom is -0.449 e. The van der Waals surface area contributed by atoms with Crippen molar-refractivity contribution in [3.8, 4) is 0 Å². The maximum atomic E-state index is 11.7. The SMILES string of the molecule is Cc1cccc[n+]1CCCCCCOC(=O)Nc1ccc(N=C=O)cc1.O=S(=O)([N-]S(=O)(=O)C(F)(F)F)C(F)(F)F. The number of carbonyl (C=O) groups excluding carboxylic acids is 2. The second kappa shape index (κ2) is 15.5. The Balaban J connectivity index is 0.000000479. The molecule has 1 aromatic carbocycles. The van der Waals surface area contributed by atoms with Crippen LogP contribution in [0.4, 0.5) is 42.5 Å². The van der Waals surface area contributed by atoms with E-state index in [-0.39, 0.29) is 0 Å². The summed E-state index contributed by atoms with van der Waals surface area (Å²) in [6.45, 7) is 3.52. The van der Waals surface area contributed by atoms with E-state index in [4.69, 9.17) is 4.74 Å². The number of aromatic nitrogens is 1. The number of halogens is 6. The highest BCUT2D eigenvalue weighted by Gasteiger charge is 2.46. The third-order valence-electron chi connectivity index (χ3n) is 4.76. The highest BCUT2D eigenvalue weighted by Crippen LogP contribution is 2.36. The molecule has 0 unspecified atom stereocenters. The van der Waals surface area contributed by atoms with Crippen molar-refractivity contribution < 1.29 is 62.1 Å². The fraction of sp³-hybridized carbons (Fsp3) is 0.409. The fourth-order valence-corrected chi connectivity index (χ4v) is 4.46. The zero-order valence-corrected chi connectivity index (χ0v) is 22.8. The molecule has 0 spiro atoms. The molecule has 41 heavy (non-hydrogen) atoms. The minimum absolute atomic E-state index is 0.400. The quantitative estimate of drug-likeness (QED) is 0.118. The molecule has 0 aliphatic heterocycles. The molecular weight excluding hydrogens is 610 g/mol. The molecule has 0 radical (unpaired) electrons. The van der Waals surface area contributed by atoms with E-state index < -0.39 is 37.2 Å². The summed E-state index contributed by atoms with van der Waals surface area (Å²) in [7, 11) is -13.4. The number of carbonyl (C=O) groups is 1. The molecule has 2 rings (SSSR count). The average Bonchev–Trinajstić information content (AvgIpc) is 2.84. The Bertz CT molecular complexity index is 1370. The molecule has 0 aliphatic rings. The van der Waals surface area contributed by atoms with Gasteiger partial charge in [0.05, 0.1) is 12.3 Å². The molecule has 0 bridgehead atoms. The average molecular weight is 635 g/mol. The summed E-state index contributed by atoms with van der Waals surface area (Å²) in [5.74, 6) is 0. The van der Waals surface area contributed by atoms with Crippen molar-refractivity contribution in [2.75, 3.05) is 11.9 Å². The minimum atomic E-state index is -6.72. The van der Waals surface area contributed by atoms with Gasteiger partial charge < -0.3 is 8.86 Å². The van der Waals surface area contributed by atoms with Gasteiger partial charge in [0, 0.05) is 31.2 Å². The first-order chi connectivity index (χ1) is 18.9. The van der Waals surface area contributed by atoms with Crippen molar-refractivity contribution in [3.05, 3.63) is 58.5 Å². The van der Waals surface area contributed by atoms with Crippen LogP contribution in [0.3, 0.4) is 0 Å². The topological polar surface area (TPSA) is 154 Å². The summed E-state index contributed by atoms with van der Waals surface area (Å²) < 4.78 is 117. The number of unbranched alkanes of at least 4 members (excludes halogenated alkanes) is 3. The monoisotopic (exact) mass is 634 g/mol. The molecule has 0 atom stereocenters. The van der Waals surface area contributed by atoms with E-state index in [1.165, 1.54) is 11.8 Å². The van der Waals surface area contributed by atoms with Crippen LogP contribution < -0.4 is 9.88 Å². The van der Waals surface area contributed by atoms with Gasteiger partial charge in [-0.3, -0.25) is 5.32 Å². The molecule has 228 valence electrons. The molecule has 11 nitrogen and oxygen atoms in total. The lowest BCUT2D eigenvalue weighted by atomic mass is 10.2. The molecular formula is C22H24F6N4O7S2. The van der Waals surface area contributed by atoms with Crippen molar-refractivity contribution >= 4 is 43.6 Å². The predicted octanol–water partition coefficient (Wildman–Crippen LogP) is 5.12. The van der Waals surface area contributed by atoms with Gasteiger partial charge >= 0.3 is 17.1 Å². The van der Waals surface area contributed by atoms with Crippen molar-refractivity contribution in [3.63, 3.8) is 0 Å². The predicted molar refractivity (Wildman–Crippen MR) is 132 cm³/mol. The molecule has 0 fully saturated rings. The molecule has 2 aromatic rings. The van der Waals surface area contributed by atoms with Gasteiger partial charge in [-0.1, -0.05) is 6.07 Å². The number of aryl methyl sites for hydroxylation is 2. The lowest BCUT2D eigenvalue weighted by molar-refractivity contribution is -0.703. The lowest BCUT2D eigenvalue weighted by Crippen LogP contribution is -2.36. The number of hydrogen-bond donors (Lipinski definition) is 1. The van der Waals surface area contributed by atoms with E-state index in [1.54, 1.807) is 24.3 Å². The van der Waals surface area contributed by atoms with Crippen LogP contribution >= 0.6 is 0 Å². The molecule has 1 amide bonds. The largest absolute Gasteiger partial charge is 0.480 e. The smallest absolute Gasteiger partial charge is 0.449 e. The molecule has 1 N–H and O–H groups in total. The molecule has 0 saturated carbocycles. The third kappa shape index (κ3) is 12.7. The Hall–Kier alpha value is -3.54. The first-order valence-corrected chi connectivity index (χ1v) is 14.2. The molecule has 19 heteroatoms. The first-order valence-electron chi connectivity index (χ1n) is 11.3. The van der Waals surface area contributed by atoms with E-state index >= 15 is 0 Å². The van der Waals surface area contributed by atoms with Crippen LogP contribution in [0.5, 0.6) is 0 Å². The van der Waals surface area contributed by atoms with Gasteiger partial charge in [-0.15, -0.1) is 0 Å². The number of amides is 1. The number of sulfonamides is 2. The second-order valence-electron chi connectivity index (χ2n) is 7.88. The molecule has 0 saturated heterocycles. The summed E-state index contributed by atoms with van der Waals surface area (Å²) in [6.07, 6.45) is 7.17. The van der Waals surface area contributed by atoms with Gasteiger partial charge in [-0.25, -0.2) is 31.0 Å². The van der Waals surface area contributed by atoms with Crippen LogP contribution in [-0.4, -0.2) is 46.6 Å². The number of hydrogen-bond acceptors (Lipinski definition) is 8. The fourth-order valence-electron chi connectivity index (χ4n) is 2.75. The zero-order chi connectivity index (χ0) is 31.3. The van der Waals surface area contributed by atoms with E-state index in [0.29, 0.717) is 18.0 Å². The number of alkyl halides is 6. The Morgan fingerprint density at radius 2 is 1.49 bits per heavy atom.